The quantitative estimate of drug-likeness (QED) is 0.413. The van der Waals surface area contributed by atoms with Gasteiger partial charge in [-0.3, -0.25) is 0 Å². The van der Waals surface area contributed by atoms with Gasteiger partial charge in [0, 0.05) is 10.6 Å². The van der Waals surface area contributed by atoms with Crippen LogP contribution >= 0.6 is 35.0 Å². The van der Waals surface area contributed by atoms with Crippen molar-refractivity contribution in [2.75, 3.05) is 12.4 Å². The first-order chi connectivity index (χ1) is 10.9. The Morgan fingerprint density at radius 2 is 1.78 bits per heavy atom. The molecule has 124 valence electrons. The van der Waals surface area contributed by atoms with Crippen LogP contribution in [0.1, 0.15) is 12.0 Å². The molecule has 0 saturated carbocycles. The molecule has 0 fully saturated rings. The average Bonchev–Trinajstić information content (AvgIpc) is 2.50. The summed E-state index contributed by atoms with van der Waals surface area (Å²) in [7, 11) is 0. The van der Waals surface area contributed by atoms with E-state index in [-0.39, 0.29) is 5.75 Å². The van der Waals surface area contributed by atoms with E-state index < -0.39 is 11.7 Å². The Morgan fingerprint density at radius 3 is 2.48 bits per heavy atom. The molecule has 1 nitrogen and oxygen atoms in total. The highest BCUT2D eigenvalue weighted by molar-refractivity contribution is 7.99. The van der Waals surface area contributed by atoms with Crippen molar-refractivity contribution in [3.63, 3.8) is 0 Å². The van der Waals surface area contributed by atoms with Crippen LogP contribution in [0, 0.1) is 0 Å². The number of halogens is 5. The van der Waals surface area contributed by atoms with E-state index in [1.165, 1.54) is 12.1 Å². The fourth-order valence-corrected chi connectivity index (χ4v) is 2.99. The summed E-state index contributed by atoms with van der Waals surface area (Å²) in [4.78, 5) is 0.985. The Kier molecular flexibility index (Phi) is 6.50. The zero-order valence-corrected chi connectivity index (χ0v) is 14.2. The summed E-state index contributed by atoms with van der Waals surface area (Å²) >= 11 is 13.3. The summed E-state index contributed by atoms with van der Waals surface area (Å²) in [6.07, 6.45) is -3.66. The minimum atomic E-state index is -4.36. The van der Waals surface area contributed by atoms with E-state index in [9.17, 15) is 13.2 Å². The van der Waals surface area contributed by atoms with Crippen LogP contribution in [0.4, 0.5) is 13.2 Å². The van der Waals surface area contributed by atoms with Crippen molar-refractivity contribution < 1.29 is 17.9 Å². The second-order valence-electron chi connectivity index (χ2n) is 4.65. The molecule has 23 heavy (non-hydrogen) atoms. The topological polar surface area (TPSA) is 9.23 Å². The van der Waals surface area contributed by atoms with Crippen LogP contribution in [0.15, 0.2) is 47.4 Å². The molecule has 0 N–H and O–H groups in total. The molecule has 0 aromatic heterocycles. The van der Waals surface area contributed by atoms with E-state index >= 15 is 0 Å². The third kappa shape index (κ3) is 5.83. The molecule has 0 heterocycles. The van der Waals surface area contributed by atoms with Gasteiger partial charge in [0.05, 0.1) is 22.2 Å². The molecule has 2 rings (SSSR count). The lowest BCUT2D eigenvalue weighted by Gasteiger charge is -2.10. The number of hydrogen-bond donors (Lipinski definition) is 0. The predicted molar refractivity (Wildman–Crippen MR) is 88.7 cm³/mol. The summed E-state index contributed by atoms with van der Waals surface area (Å²) in [6.45, 7) is 0.343. The molecule has 0 amide bonds. The highest BCUT2D eigenvalue weighted by Gasteiger charge is 2.30. The molecule has 2 aromatic carbocycles. The Hall–Kier alpha value is -1.04. The molecule has 7 heteroatoms. The van der Waals surface area contributed by atoms with Crippen molar-refractivity contribution >= 4 is 35.0 Å². The monoisotopic (exact) mass is 380 g/mol. The molecule has 2 aromatic rings. The Balaban J connectivity index is 1.76. The summed E-state index contributed by atoms with van der Waals surface area (Å²) in [5, 5.41) is 1.00. The van der Waals surface area contributed by atoms with Crippen LogP contribution in [-0.2, 0) is 6.18 Å². The van der Waals surface area contributed by atoms with Crippen LogP contribution in [0.25, 0.3) is 0 Å². The normalized spacial score (nSPS) is 11.5. The summed E-state index contributed by atoms with van der Waals surface area (Å²) in [6, 6.07) is 10.3. The lowest BCUT2D eigenvalue weighted by molar-refractivity contribution is -0.137. The largest absolute Gasteiger partial charge is 0.494 e. The molecule has 0 unspecified atom stereocenters. The smallest absolute Gasteiger partial charge is 0.416 e. The Labute approximate surface area is 146 Å². The molecule has 0 saturated heterocycles. The second kappa shape index (κ2) is 8.18. The van der Waals surface area contributed by atoms with Crippen molar-refractivity contribution in [1.29, 1.82) is 0 Å². The molecule has 0 aliphatic heterocycles. The first kappa shape index (κ1) is 18.3. The summed E-state index contributed by atoms with van der Waals surface area (Å²) < 4.78 is 43.1. The maximum absolute atomic E-state index is 12.6. The number of hydrogen-bond acceptors (Lipinski definition) is 2. The van der Waals surface area contributed by atoms with E-state index in [0.717, 1.165) is 22.8 Å². The molecular formula is C16H13Cl2F3OS. The molecule has 0 bridgehead atoms. The lowest BCUT2D eigenvalue weighted by Crippen LogP contribution is -2.05. The van der Waals surface area contributed by atoms with Crippen molar-refractivity contribution in [2.24, 2.45) is 0 Å². The van der Waals surface area contributed by atoms with Crippen LogP contribution in [0.3, 0.4) is 0 Å². The predicted octanol–water partition coefficient (Wildman–Crippen LogP) is 6.57. The third-order valence-electron chi connectivity index (χ3n) is 2.88. The lowest BCUT2D eigenvalue weighted by atomic mass is 10.2. The Bertz CT molecular complexity index is 662. The zero-order valence-electron chi connectivity index (χ0n) is 11.9. The van der Waals surface area contributed by atoms with Crippen molar-refractivity contribution in [3.8, 4) is 5.75 Å². The molecule has 0 atom stereocenters. The molecule has 0 spiro atoms. The van der Waals surface area contributed by atoms with Gasteiger partial charge in [-0.05, 0) is 42.8 Å². The number of benzene rings is 2. The van der Waals surface area contributed by atoms with Crippen molar-refractivity contribution in [1.82, 2.24) is 0 Å². The maximum Gasteiger partial charge on any atom is 0.416 e. The highest BCUT2D eigenvalue weighted by Crippen LogP contribution is 2.31. The van der Waals surface area contributed by atoms with Crippen LogP contribution < -0.4 is 4.74 Å². The van der Waals surface area contributed by atoms with Gasteiger partial charge < -0.3 is 4.74 Å². The van der Waals surface area contributed by atoms with E-state index in [1.807, 2.05) is 6.07 Å². The summed E-state index contributed by atoms with van der Waals surface area (Å²) in [5.41, 5.74) is -0.708. The number of ether oxygens (including phenoxy) is 1. The minimum absolute atomic E-state index is 0.222. The highest BCUT2D eigenvalue weighted by atomic mass is 35.5. The van der Waals surface area contributed by atoms with Gasteiger partial charge in [0.2, 0.25) is 0 Å². The fraction of sp³-hybridized carbons (Fsp3) is 0.250. The average molecular weight is 381 g/mol. The van der Waals surface area contributed by atoms with Gasteiger partial charge in [-0.2, -0.15) is 13.2 Å². The summed E-state index contributed by atoms with van der Waals surface area (Å²) in [5.74, 6) is 0.982. The van der Waals surface area contributed by atoms with Gasteiger partial charge >= 0.3 is 6.18 Å². The first-order valence-corrected chi connectivity index (χ1v) is 8.48. The van der Waals surface area contributed by atoms with E-state index in [1.54, 1.807) is 23.9 Å². The molecule has 0 aliphatic rings. The third-order valence-corrected chi connectivity index (χ3v) is 4.70. The number of alkyl halides is 3. The van der Waals surface area contributed by atoms with Crippen LogP contribution in [0.5, 0.6) is 5.75 Å². The first-order valence-electron chi connectivity index (χ1n) is 6.74. The molecular weight excluding hydrogens is 368 g/mol. The minimum Gasteiger partial charge on any atom is -0.494 e. The molecule has 0 radical (unpaired) electrons. The second-order valence-corrected chi connectivity index (χ2v) is 6.63. The zero-order chi connectivity index (χ0) is 16.9. The maximum atomic E-state index is 12.6. The van der Waals surface area contributed by atoms with Gasteiger partial charge in [-0.1, -0.05) is 29.3 Å². The van der Waals surface area contributed by atoms with Gasteiger partial charge in [0.1, 0.15) is 5.75 Å². The van der Waals surface area contributed by atoms with Gasteiger partial charge in [-0.15, -0.1) is 11.8 Å². The van der Waals surface area contributed by atoms with Crippen molar-refractivity contribution in [2.45, 2.75) is 17.5 Å². The fourth-order valence-electron chi connectivity index (χ4n) is 1.77. The van der Waals surface area contributed by atoms with Crippen LogP contribution in [0.2, 0.25) is 10.0 Å². The Morgan fingerprint density at radius 1 is 1.00 bits per heavy atom. The van der Waals surface area contributed by atoms with E-state index in [2.05, 4.69) is 0 Å². The SMILES string of the molecule is FC(F)(F)c1cccc(OCCCSc2ccc(Cl)c(Cl)c2)c1. The van der Waals surface area contributed by atoms with Gasteiger partial charge in [0.15, 0.2) is 0 Å². The van der Waals surface area contributed by atoms with E-state index in [0.29, 0.717) is 23.1 Å². The van der Waals surface area contributed by atoms with Crippen LogP contribution in [-0.4, -0.2) is 12.4 Å². The number of thioether (sulfide) groups is 1. The number of rotatable bonds is 6. The van der Waals surface area contributed by atoms with Gasteiger partial charge in [-0.25, -0.2) is 0 Å². The van der Waals surface area contributed by atoms with Gasteiger partial charge in [0.25, 0.3) is 0 Å². The molecule has 0 aliphatic carbocycles. The van der Waals surface area contributed by atoms with Crippen molar-refractivity contribution in [3.05, 3.63) is 58.1 Å². The van der Waals surface area contributed by atoms with E-state index in [4.69, 9.17) is 27.9 Å². The standard InChI is InChI=1S/C16H13Cl2F3OS/c17-14-6-5-13(10-15(14)18)23-8-2-7-22-12-4-1-3-11(9-12)16(19,20)21/h1,3-6,9-10H,2,7-8H2.